The van der Waals surface area contributed by atoms with Crippen LogP contribution < -0.4 is 16.4 Å². The first-order valence-corrected chi connectivity index (χ1v) is 7.95. The van der Waals surface area contributed by atoms with Gasteiger partial charge in [0, 0.05) is 25.2 Å². The number of hydrogen-bond donors (Lipinski definition) is 3. The molecule has 2 fully saturated rings. The van der Waals surface area contributed by atoms with Crippen molar-refractivity contribution in [3.05, 3.63) is 0 Å². The average molecular weight is 369 g/mol. The van der Waals surface area contributed by atoms with Crippen molar-refractivity contribution in [2.75, 3.05) is 19.6 Å². The third-order valence-corrected chi connectivity index (χ3v) is 4.49. The summed E-state index contributed by atoms with van der Waals surface area (Å²) >= 11 is 0. The Morgan fingerprint density at radius 2 is 1.83 bits per heavy atom. The molecule has 4 N–H and O–H groups in total. The van der Waals surface area contributed by atoms with Gasteiger partial charge in [0.25, 0.3) is 0 Å². The standard InChI is InChI=1S/C15H28N4O2.2ClH/c1-9(2)14(16)15(21)17-6-13(20)18-12-8-19(7-10(12)3)11-4-5-11;;/h9-12,14H,4-8,16H2,1-3H3,(H,17,21)(H,18,20);2*1H/t10?,12?,14-;;/m0../s1. The van der Waals surface area contributed by atoms with Gasteiger partial charge in [-0.3, -0.25) is 14.5 Å². The molecule has 1 heterocycles. The minimum atomic E-state index is -0.562. The van der Waals surface area contributed by atoms with Crippen LogP contribution in [0.2, 0.25) is 0 Å². The van der Waals surface area contributed by atoms with Crippen molar-refractivity contribution in [2.45, 2.75) is 51.7 Å². The Morgan fingerprint density at radius 3 is 2.35 bits per heavy atom. The lowest BCUT2D eigenvalue weighted by Gasteiger charge is -2.18. The van der Waals surface area contributed by atoms with E-state index in [0.29, 0.717) is 5.92 Å². The molecule has 3 atom stereocenters. The van der Waals surface area contributed by atoms with Gasteiger partial charge in [-0.15, -0.1) is 24.8 Å². The summed E-state index contributed by atoms with van der Waals surface area (Å²) in [5, 5.41) is 5.64. The predicted octanol–water partition coefficient (Wildman–Crippen LogP) is 0.528. The largest absolute Gasteiger partial charge is 0.350 e. The summed E-state index contributed by atoms with van der Waals surface area (Å²) in [5.74, 6) is 0.131. The smallest absolute Gasteiger partial charge is 0.239 e. The Balaban J connectivity index is 0.00000242. The third-order valence-electron chi connectivity index (χ3n) is 4.49. The van der Waals surface area contributed by atoms with Gasteiger partial charge >= 0.3 is 0 Å². The number of nitrogens with zero attached hydrogens (tertiary/aromatic N) is 1. The first-order chi connectivity index (χ1) is 9.88. The number of carbonyl (C=O) groups is 2. The maximum absolute atomic E-state index is 11.9. The molecule has 0 spiro atoms. The molecular formula is C15H30Cl2N4O2. The van der Waals surface area contributed by atoms with Crippen LogP contribution in [-0.4, -0.2) is 54.5 Å². The lowest BCUT2D eigenvalue weighted by atomic mass is 10.1. The van der Waals surface area contributed by atoms with E-state index in [-0.39, 0.29) is 55.1 Å². The lowest BCUT2D eigenvalue weighted by molar-refractivity contribution is -0.127. The molecule has 1 saturated heterocycles. The van der Waals surface area contributed by atoms with Crippen LogP contribution in [0.15, 0.2) is 0 Å². The zero-order valence-corrected chi connectivity index (χ0v) is 15.7. The molecule has 0 aromatic rings. The second kappa shape index (κ2) is 9.67. The van der Waals surface area contributed by atoms with Crippen molar-refractivity contribution in [3.8, 4) is 0 Å². The maximum Gasteiger partial charge on any atom is 0.239 e. The second-order valence-corrected chi connectivity index (χ2v) is 6.82. The van der Waals surface area contributed by atoms with Crippen LogP contribution in [0.1, 0.15) is 33.6 Å². The number of carbonyl (C=O) groups excluding carboxylic acids is 2. The fourth-order valence-corrected chi connectivity index (χ4v) is 2.78. The molecule has 0 aromatic carbocycles. The van der Waals surface area contributed by atoms with Crippen molar-refractivity contribution in [2.24, 2.45) is 17.6 Å². The molecule has 1 aliphatic heterocycles. The molecular weight excluding hydrogens is 339 g/mol. The van der Waals surface area contributed by atoms with E-state index in [1.807, 2.05) is 13.8 Å². The number of nitrogens with one attached hydrogen (secondary N) is 2. The molecule has 136 valence electrons. The maximum atomic E-state index is 11.9. The first-order valence-electron chi connectivity index (χ1n) is 7.95. The Bertz CT molecular complexity index is 405. The fourth-order valence-electron chi connectivity index (χ4n) is 2.78. The van der Waals surface area contributed by atoms with Gasteiger partial charge in [0.15, 0.2) is 0 Å². The van der Waals surface area contributed by atoms with Crippen molar-refractivity contribution in [1.29, 1.82) is 0 Å². The summed E-state index contributed by atoms with van der Waals surface area (Å²) in [6.45, 7) is 7.93. The molecule has 0 bridgehead atoms. The molecule has 6 nitrogen and oxygen atoms in total. The summed E-state index contributed by atoms with van der Waals surface area (Å²) in [5.41, 5.74) is 5.74. The van der Waals surface area contributed by atoms with E-state index in [0.717, 1.165) is 19.1 Å². The molecule has 2 aliphatic rings. The van der Waals surface area contributed by atoms with Gasteiger partial charge in [-0.2, -0.15) is 0 Å². The molecule has 8 heteroatoms. The quantitative estimate of drug-likeness (QED) is 0.637. The normalized spacial score (nSPS) is 25.3. The molecule has 2 unspecified atom stereocenters. The average Bonchev–Trinajstić information content (AvgIpc) is 3.21. The highest BCUT2D eigenvalue weighted by atomic mass is 35.5. The minimum absolute atomic E-state index is 0. The van der Waals surface area contributed by atoms with Gasteiger partial charge in [-0.1, -0.05) is 20.8 Å². The van der Waals surface area contributed by atoms with Crippen molar-refractivity contribution in [1.82, 2.24) is 15.5 Å². The van der Waals surface area contributed by atoms with Crippen molar-refractivity contribution < 1.29 is 9.59 Å². The summed E-state index contributed by atoms with van der Waals surface area (Å²) in [7, 11) is 0. The van der Waals surface area contributed by atoms with Crippen LogP contribution in [0.4, 0.5) is 0 Å². The monoisotopic (exact) mass is 368 g/mol. The zero-order valence-electron chi connectivity index (χ0n) is 14.1. The van der Waals surface area contributed by atoms with Gasteiger partial charge < -0.3 is 16.4 Å². The van der Waals surface area contributed by atoms with Crippen molar-refractivity contribution >= 4 is 36.6 Å². The van der Waals surface area contributed by atoms with Crippen LogP contribution in [0.5, 0.6) is 0 Å². The van der Waals surface area contributed by atoms with Gasteiger partial charge in [0.05, 0.1) is 12.6 Å². The molecule has 2 rings (SSSR count). The van der Waals surface area contributed by atoms with Crippen LogP contribution in [0.3, 0.4) is 0 Å². The minimum Gasteiger partial charge on any atom is -0.350 e. The predicted molar refractivity (Wildman–Crippen MR) is 96.0 cm³/mol. The van der Waals surface area contributed by atoms with E-state index >= 15 is 0 Å². The topological polar surface area (TPSA) is 87.5 Å². The van der Waals surface area contributed by atoms with E-state index in [1.165, 1.54) is 12.8 Å². The van der Waals surface area contributed by atoms with Crippen LogP contribution in [0.25, 0.3) is 0 Å². The number of nitrogens with two attached hydrogens (primary N) is 1. The van der Waals surface area contributed by atoms with E-state index in [4.69, 9.17) is 5.73 Å². The van der Waals surface area contributed by atoms with Crippen LogP contribution in [0, 0.1) is 11.8 Å². The highest BCUT2D eigenvalue weighted by Crippen LogP contribution is 2.31. The van der Waals surface area contributed by atoms with Gasteiger partial charge in [0.1, 0.15) is 0 Å². The molecule has 1 saturated carbocycles. The van der Waals surface area contributed by atoms with Gasteiger partial charge in [0.2, 0.25) is 11.8 Å². The zero-order chi connectivity index (χ0) is 15.6. The van der Waals surface area contributed by atoms with Gasteiger partial charge in [-0.25, -0.2) is 0 Å². The number of hydrogen-bond acceptors (Lipinski definition) is 4. The van der Waals surface area contributed by atoms with Crippen molar-refractivity contribution in [3.63, 3.8) is 0 Å². The Kier molecular flexibility index (Phi) is 9.43. The van der Waals surface area contributed by atoms with E-state index in [9.17, 15) is 9.59 Å². The number of amides is 2. The molecule has 23 heavy (non-hydrogen) atoms. The second-order valence-electron chi connectivity index (χ2n) is 6.82. The SMILES string of the molecule is CC1CN(C2CC2)CC1NC(=O)CNC(=O)[C@@H](N)C(C)C.Cl.Cl. The first kappa shape index (κ1) is 22.4. The molecule has 1 aliphatic carbocycles. The highest BCUT2D eigenvalue weighted by Gasteiger charge is 2.38. The van der Waals surface area contributed by atoms with E-state index in [2.05, 4.69) is 22.5 Å². The van der Waals surface area contributed by atoms with E-state index in [1.54, 1.807) is 0 Å². The Morgan fingerprint density at radius 1 is 1.22 bits per heavy atom. The lowest BCUT2D eigenvalue weighted by Crippen LogP contribution is -2.49. The summed E-state index contributed by atoms with van der Waals surface area (Å²) in [6, 6.07) is 0.362. The van der Waals surface area contributed by atoms with Gasteiger partial charge in [-0.05, 0) is 24.7 Å². The molecule has 0 radical (unpaired) electrons. The Hall–Kier alpha value is -0.560. The molecule has 2 amide bonds. The third kappa shape index (κ3) is 6.45. The van der Waals surface area contributed by atoms with Crippen LogP contribution >= 0.6 is 24.8 Å². The number of rotatable bonds is 6. The molecule has 0 aromatic heterocycles. The number of likely N-dealkylation sites (tertiary alicyclic amines) is 1. The summed E-state index contributed by atoms with van der Waals surface area (Å²) in [4.78, 5) is 26.1. The summed E-state index contributed by atoms with van der Waals surface area (Å²) in [6.07, 6.45) is 2.58. The summed E-state index contributed by atoms with van der Waals surface area (Å²) < 4.78 is 0. The number of halogens is 2. The fraction of sp³-hybridized carbons (Fsp3) is 0.867. The highest BCUT2D eigenvalue weighted by molar-refractivity contribution is 5.87. The Labute approximate surface area is 151 Å². The van der Waals surface area contributed by atoms with E-state index < -0.39 is 6.04 Å². The van der Waals surface area contributed by atoms with Crippen LogP contribution in [-0.2, 0) is 9.59 Å².